The predicted molar refractivity (Wildman–Crippen MR) is 107 cm³/mol. The number of piperidine rings is 1. The average Bonchev–Trinajstić information content (AvgIpc) is 2.95. The molecular weight excluding hydrogens is 413 g/mol. The lowest BCUT2D eigenvalue weighted by molar-refractivity contribution is -0.140. The number of nitrogens with two attached hydrogens (primary N) is 1. The molecule has 7 nitrogen and oxygen atoms in total. The van der Waals surface area contributed by atoms with E-state index in [0.29, 0.717) is 17.5 Å². The van der Waals surface area contributed by atoms with E-state index in [-0.39, 0.29) is 24.2 Å². The molecule has 10 heteroatoms. The lowest BCUT2D eigenvalue weighted by atomic mass is 9.94. The van der Waals surface area contributed by atoms with Crippen molar-refractivity contribution >= 4 is 5.82 Å². The van der Waals surface area contributed by atoms with Crippen LogP contribution in [0.1, 0.15) is 31.1 Å². The minimum absolute atomic E-state index is 0.0589. The van der Waals surface area contributed by atoms with Crippen LogP contribution in [0, 0.1) is 5.82 Å². The van der Waals surface area contributed by atoms with Gasteiger partial charge in [0, 0.05) is 18.8 Å². The van der Waals surface area contributed by atoms with Crippen molar-refractivity contribution in [3.05, 3.63) is 58.4 Å². The summed E-state index contributed by atoms with van der Waals surface area (Å²) < 4.78 is 49.0. The van der Waals surface area contributed by atoms with E-state index in [0.717, 1.165) is 31.0 Å². The largest absolute Gasteiger partial charge is 0.384 e. The summed E-state index contributed by atoms with van der Waals surface area (Å²) in [5.74, 6) is -4.07. The van der Waals surface area contributed by atoms with Crippen LogP contribution in [0.15, 0.2) is 41.3 Å². The molecule has 4 atom stereocenters. The zero-order valence-corrected chi connectivity index (χ0v) is 16.8. The number of likely N-dealkylation sites (tertiary alicyclic amines) is 1. The molecule has 2 aliphatic heterocycles. The van der Waals surface area contributed by atoms with Crippen LogP contribution in [-0.4, -0.2) is 56.8 Å². The summed E-state index contributed by atoms with van der Waals surface area (Å²) in [5, 5.41) is 10.3. The highest BCUT2D eigenvalue weighted by atomic mass is 19.3. The number of anilines is 1. The summed E-state index contributed by atoms with van der Waals surface area (Å²) in [4.78, 5) is 17.5. The number of hydrogen-bond acceptors (Lipinski definition) is 6. The zero-order valence-electron chi connectivity index (χ0n) is 16.8. The molecule has 1 unspecified atom stereocenters. The molecule has 2 aromatic rings. The van der Waals surface area contributed by atoms with Crippen molar-refractivity contribution in [3.63, 3.8) is 0 Å². The van der Waals surface area contributed by atoms with Gasteiger partial charge in [0.15, 0.2) is 0 Å². The van der Waals surface area contributed by atoms with Crippen molar-refractivity contribution in [1.82, 2.24) is 14.5 Å². The summed E-state index contributed by atoms with van der Waals surface area (Å²) >= 11 is 0. The summed E-state index contributed by atoms with van der Waals surface area (Å²) in [6.45, 7) is 0.772. The molecule has 0 spiro atoms. The van der Waals surface area contributed by atoms with Crippen LogP contribution in [0.3, 0.4) is 0 Å². The quantitative estimate of drug-likeness (QED) is 0.741. The maximum atomic E-state index is 14.8. The molecule has 3 N–H and O–H groups in total. The fourth-order valence-corrected chi connectivity index (χ4v) is 4.38. The third-order valence-corrected chi connectivity index (χ3v) is 6.03. The fourth-order valence-electron chi connectivity index (χ4n) is 4.38. The fraction of sp³-hybridized carbons (Fsp3) is 0.524. The summed E-state index contributed by atoms with van der Waals surface area (Å²) in [5.41, 5.74) is 5.41. The second-order valence-electron chi connectivity index (χ2n) is 8.16. The molecule has 2 fully saturated rings. The van der Waals surface area contributed by atoms with Gasteiger partial charge in [-0.15, -0.1) is 0 Å². The van der Waals surface area contributed by atoms with Gasteiger partial charge in [0.05, 0.1) is 0 Å². The van der Waals surface area contributed by atoms with Gasteiger partial charge >= 0.3 is 11.6 Å². The van der Waals surface area contributed by atoms with Crippen molar-refractivity contribution in [1.29, 1.82) is 0 Å². The Balaban J connectivity index is 1.50. The Labute approximate surface area is 177 Å². The molecule has 31 heavy (non-hydrogen) atoms. The van der Waals surface area contributed by atoms with Gasteiger partial charge in [-0.1, -0.05) is 18.6 Å². The molecule has 0 saturated carbocycles. The summed E-state index contributed by atoms with van der Waals surface area (Å²) in [7, 11) is 0. The highest BCUT2D eigenvalue weighted by Gasteiger charge is 2.60. The normalized spacial score (nSPS) is 28.6. The number of nitrogens with zero attached hydrogens (tertiary/aromatic N) is 3. The van der Waals surface area contributed by atoms with Crippen molar-refractivity contribution in [2.75, 3.05) is 18.8 Å². The van der Waals surface area contributed by atoms with E-state index in [1.165, 1.54) is 18.2 Å². The number of aromatic nitrogens is 2. The number of hydrogen-bond donors (Lipinski definition) is 2. The first-order chi connectivity index (χ1) is 14.8. The Morgan fingerprint density at radius 2 is 1.97 bits per heavy atom. The molecule has 168 valence electrons. The molecule has 0 amide bonds. The van der Waals surface area contributed by atoms with Crippen molar-refractivity contribution in [2.45, 2.75) is 56.1 Å². The first kappa shape index (κ1) is 21.8. The van der Waals surface area contributed by atoms with Gasteiger partial charge in [-0.2, -0.15) is 13.8 Å². The van der Waals surface area contributed by atoms with Gasteiger partial charge in [0.25, 0.3) is 0 Å². The monoisotopic (exact) mass is 438 g/mol. The molecule has 4 rings (SSSR count). The second-order valence-corrected chi connectivity index (χ2v) is 8.16. The third kappa shape index (κ3) is 4.46. The molecule has 0 radical (unpaired) electrons. The smallest absolute Gasteiger partial charge is 0.351 e. The van der Waals surface area contributed by atoms with E-state index < -0.39 is 30.0 Å². The van der Waals surface area contributed by atoms with Gasteiger partial charge in [0.1, 0.15) is 23.8 Å². The Hall–Kier alpha value is -2.43. The lowest BCUT2D eigenvalue weighted by Crippen LogP contribution is -2.48. The SMILES string of the molecule is Nc1ccn([C@@H]2O[C@H](CN3CCCCC3Cc3ccc(F)cc3)[C@@H](O)C2(F)F)c(=O)n1. The topological polar surface area (TPSA) is 93.6 Å². The Morgan fingerprint density at radius 1 is 1.23 bits per heavy atom. The van der Waals surface area contributed by atoms with E-state index in [4.69, 9.17) is 10.5 Å². The third-order valence-electron chi connectivity index (χ3n) is 6.03. The van der Waals surface area contributed by atoms with Crippen LogP contribution >= 0.6 is 0 Å². The summed E-state index contributed by atoms with van der Waals surface area (Å²) in [6, 6.07) is 7.51. The number of benzene rings is 1. The maximum Gasteiger partial charge on any atom is 0.351 e. The van der Waals surface area contributed by atoms with Crippen LogP contribution < -0.4 is 11.4 Å². The van der Waals surface area contributed by atoms with Crippen LogP contribution in [-0.2, 0) is 11.2 Å². The highest BCUT2D eigenvalue weighted by molar-refractivity contribution is 5.24. The first-order valence-corrected chi connectivity index (χ1v) is 10.3. The van der Waals surface area contributed by atoms with E-state index in [9.17, 15) is 23.1 Å². The number of rotatable bonds is 5. The molecule has 0 aliphatic carbocycles. The second kappa shape index (κ2) is 8.60. The van der Waals surface area contributed by atoms with Gasteiger partial charge in [-0.05, 0) is 49.6 Å². The van der Waals surface area contributed by atoms with Gasteiger partial charge in [-0.25, -0.2) is 9.18 Å². The van der Waals surface area contributed by atoms with E-state index >= 15 is 0 Å². The summed E-state index contributed by atoms with van der Waals surface area (Å²) in [6.07, 6.45) is -0.713. The molecule has 2 saturated heterocycles. The van der Waals surface area contributed by atoms with Crippen LogP contribution in [0.2, 0.25) is 0 Å². The van der Waals surface area contributed by atoms with Crippen molar-refractivity contribution < 1.29 is 23.0 Å². The van der Waals surface area contributed by atoms with Gasteiger partial charge < -0.3 is 15.6 Å². The molecule has 1 aromatic carbocycles. The number of ether oxygens (including phenoxy) is 1. The van der Waals surface area contributed by atoms with E-state index in [1.807, 2.05) is 4.90 Å². The molecule has 2 aliphatic rings. The Bertz CT molecular complexity index is 969. The molecular formula is C21H25F3N4O3. The highest BCUT2D eigenvalue weighted by Crippen LogP contribution is 2.42. The minimum atomic E-state index is -3.67. The first-order valence-electron chi connectivity index (χ1n) is 10.3. The minimum Gasteiger partial charge on any atom is -0.384 e. The number of nitrogen functional groups attached to an aromatic ring is 1. The lowest BCUT2D eigenvalue weighted by Gasteiger charge is -2.37. The molecule has 1 aromatic heterocycles. The van der Waals surface area contributed by atoms with Crippen LogP contribution in [0.4, 0.5) is 19.0 Å². The molecule has 0 bridgehead atoms. The number of aliphatic hydroxyl groups is 1. The number of halogens is 3. The average molecular weight is 438 g/mol. The van der Waals surface area contributed by atoms with Gasteiger partial charge in [-0.3, -0.25) is 9.47 Å². The molecule has 3 heterocycles. The van der Waals surface area contributed by atoms with Crippen molar-refractivity contribution in [3.8, 4) is 0 Å². The standard InChI is InChI=1S/C21H25F3N4O3/c22-14-6-4-13(5-7-14)11-15-3-1-2-9-27(15)12-16-18(29)21(23,24)19(31-16)28-10-8-17(25)26-20(28)30/h4-8,10,15-16,18-19,29H,1-3,9,11-12H2,(H2,25,26,30)/t15?,16-,18-,19-/m1/s1. The van der Waals surface area contributed by atoms with Crippen molar-refractivity contribution in [2.24, 2.45) is 0 Å². The predicted octanol–water partition coefficient (Wildman–Crippen LogP) is 1.96. The van der Waals surface area contributed by atoms with Crippen LogP contribution in [0.25, 0.3) is 0 Å². The van der Waals surface area contributed by atoms with Crippen LogP contribution in [0.5, 0.6) is 0 Å². The van der Waals surface area contributed by atoms with E-state index in [2.05, 4.69) is 4.98 Å². The van der Waals surface area contributed by atoms with E-state index in [1.54, 1.807) is 12.1 Å². The van der Waals surface area contributed by atoms with Gasteiger partial charge in [0.2, 0.25) is 6.23 Å². The maximum absolute atomic E-state index is 14.8. The zero-order chi connectivity index (χ0) is 22.2. The Morgan fingerprint density at radius 3 is 2.68 bits per heavy atom. The number of alkyl halides is 2. The number of aliphatic hydroxyl groups excluding tert-OH is 1. The Kier molecular flexibility index (Phi) is 6.05.